The molecule has 2 rings (SSSR count). The minimum atomic E-state index is -0.641. The lowest BCUT2D eigenvalue weighted by Gasteiger charge is -2.34. The van der Waals surface area contributed by atoms with Gasteiger partial charge >= 0.3 is 5.97 Å². The monoisotopic (exact) mass is 326 g/mol. The van der Waals surface area contributed by atoms with Crippen LogP contribution in [0.3, 0.4) is 0 Å². The van der Waals surface area contributed by atoms with E-state index in [4.69, 9.17) is 19.9 Å². The Hall–Kier alpha value is -1.40. The third-order valence-electron chi connectivity index (χ3n) is 3.70. The van der Waals surface area contributed by atoms with E-state index in [2.05, 4.69) is 11.9 Å². The molecular formula is C17H30N2O4. The van der Waals surface area contributed by atoms with Crippen LogP contribution in [0.1, 0.15) is 53.4 Å². The number of nitrogens with zero attached hydrogens (tertiary/aromatic N) is 1. The first-order chi connectivity index (χ1) is 11.1. The highest BCUT2D eigenvalue weighted by molar-refractivity contribution is 6.07. The zero-order valence-corrected chi connectivity index (χ0v) is 14.8. The quantitative estimate of drug-likeness (QED) is 0.634. The number of rotatable bonds is 4. The fourth-order valence-corrected chi connectivity index (χ4v) is 2.67. The highest BCUT2D eigenvalue weighted by Crippen LogP contribution is 2.38. The maximum Gasteiger partial charge on any atom is 0.354 e. The van der Waals surface area contributed by atoms with Crippen molar-refractivity contribution in [2.24, 2.45) is 10.7 Å². The lowest BCUT2D eigenvalue weighted by atomic mass is 9.86. The van der Waals surface area contributed by atoms with Gasteiger partial charge < -0.3 is 19.9 Å². The second kappa shape index (κ2) is 9.67. The highest BCUT2D eigenvalue weighted by atomic mass is 16.7. The summed E-state index contributed by atoms with van der Waals surface area (Å²) in [5.41, 5.74) is 7.73. The van der Waals surface area contributed by atoms with Gasteiger partial charge in [0.2, 0.25) is 0 Å². The molecule has 0 aromatic rings. The molecule has 2 fully saturated rings. The normalized spacial score (nSPS) is 23.4. The first-order valence-corrected chi connectivity index (χ1v) is 8.59. The first kappa shape index (κ1) is 19.6. The Morgan fingerprint density at radius 1 is 1.30 bits per heavy atom. The highest BCUT2D eigenvalue weighted by Gasteiger charge is 2.42. The van der Waals surface area contributed by atoms with Crippen molar-refractivity contribution < 1.29 is 19.0 Å². The molecule has 23 heavy (non-hydrogen) atoms. The van der Waals surface area contributed by atoms with E-state index in [9.17, 15) is 4.79 Å². The molecule has 1 aliphatic carbocycles. The molecule has 1 saturated heterocycles. The number of esters is 1. The summed E-state index contributed by atoms with van der Waals surface area (Å²) in [4.78, 5) is 16.5. The minimum absolute atomic E-state index is 0.130. The molecule has 2 aliphatic rings. The molecule has 0 aromatic heterocycles. The van der Waals surface area contributed by atoms with Gasteiger partial charge in [-0.15, -0.1) is 0 Å². The van der Waals surface area contributed by atoms with Gasteiger partial charge in [0, 0.05) is 30.7 Å². The van der Waals surface area contributed by atoms with Gasteiger partial charge in [-0.05, 0) is 19.8 Å². The summed E-state index contributed by atoms with van der Waals surface area (Å²) in [6.45, 7) is 10.0. The standard InChI is InChI=1S/C15H24N2O4.C2H6/c1-3-7-17-12-5-6-15(20-8-9-21-15)10-11(12)13(16)14(18)19-4-2;1-2/h3-10,16H2,1-2H3;1-2H3/b13-11-,17-12?;. The maximum absolute atomic E-state index is 11.9. The molecule has 132 valence electrons. The number of aliphatic imine (C=N–C) groups is 1. The molecule has 0 unspecified atom stereocenters. The van der Waals surface area contributed by atoms with Crippen LogP contribution < -0.4 is 5.73 Å². The summed E-state index contributed by atoms with van der Waals surface area (Å²) in [5.74, 6) is -1.13. The Labute approximate surface area is 139 Å². The van der Waals surface area contributed by atoms with E-state index in [0.29, 0.717) is 32.7 Å². The van der Waals surface area contributed by atoms with Crippen LogP contribution in [0.25, 0.3) is 0 Å². The van der Waals surface area contributed by atoms with Crippen LogP contribution in [-0.2, 0) is 19.0 Å². The van der Waals surface area contributed by atoms with E-state index in [0.717, 1.165) is 30.7 Å². The van der Waals surface area contributed by atoms with Crippen LogP contribution in [0.15, 0.2) is 16.3 Å². The van der Waals surface area contributed by atoms with Gasteiger partial charge in [0.1, 0.15) is 5.70 Å². The van der Waals surface area contributed by atoms with Crippen LogP contribution in [-0.4, -0.2) is 43.8 Å². The van der Waals surface area contributed by atoms with Gasteiger partial charge in [0.15, 0.2) is 5.79 Å². The molecule has 6 heteroatoms. The molecule has 1 saturated carbocycles. The van der Waals surface area contributed by atoms with E-state index in [1.54, 1.807) is 6.92 Å². The lowest BCUT2D eigenvalue weighted by molar-refractivity contribution is -0.161. The van der Waals surface area contributed by atoms with Crippen LogP contribution in [0.2, 0.25) is 0 Å². The number of carbonyl (C=O) groups excluding carboxylic acids is 1. The third-order valence-corrected chi connectivity index (χ3v) is 3.70. The molecule has 0 bridgehead atoms. The van der Waals surface area contributed by atoms with Crippen molar-refractivity contribution in [3.63, 3.8) is 0 Å². The number of nitrogens with two attached hydrogens (primary N) is 1. The molecule has 0 amide bonds. The van der Waals surface area contributed by atoms with E-state index < -0.39 is 11.8 Å². The Kier molecular flexibility index (Phi) is 8.26. The Bertz CT molecular complexity index is 452. The number of carbonyl (C=O) groups is 1. The van der Waals surface area contributed by atoms with Gasteiger partial charge in [-0.2, -0.15) is 0 Å². The SMILES string of the molecule is CC.CCCN=C1CCC2(C/C1=C(/N)C(=O)OCC)OCCO2. The average Bonchev–Trinajstić information content (AvgIpc) is 3.03. The fourth-order valence-electron chi connectivity index (χ4n) is 2.67. The number of hydrogen-bond donors (Lipinski definition) is 1. The summed E-state index contributed by atoms with van der Waals surface area (Å²) >= 11 is 0. The predicted octanol–water partition coefficient (Wildman–Crippen LogP) is 2.57. The van der Waals surface area contributed by atoms with E-state index in [-0.39, 0.29) is 5.70 Å². The summed E-state index contributed by atoms with van der Waals surface area (Å²) in [6.07, 6.45) is 2.86. The van der Waals surface area contributed by atoms with E-state index >= 15 is 0 Å². The summed E-state index contributed by atoms with van der Waals surface area (Å²) < 4.78 is 16.5. The van der Waals surface area contributed by atoms with Crippen LogP contribution in [0.5, 0.6) is 0 Å². The fraction of sp³-hybridized carbons (Fsp3) is 0.765. The molecule has 0 atom stereocenters. The largest absolute Gasteiger partial charge is 0.461 e. The molecule has 1 heterocycles. The van der Waals surface area contributed by atoms with Crippen molar-refractivity contribution in [2.45, 2.75) is 59.2 Å². The first-order valence-electron chi connectivity index (χ1n) is 8.59. The number of hydrogen-bond acceptors (Lipinski definition) is 6. The molecular weight excluding hydrogens is 296 g/mol. The lowest BCUT2D eigenvalue weighted by Crippen LogP contribution is -2.38. The van der Waals surface area contributed by atoms with Crippen LogP contribution in [0.4, 0.5) is 0 Å². The average molecular weight is 326 g/mol. The van der Waals surface area contributed by atoms with Crippen molar-refractivity contribution in [1.29, 1.82) is 0 Å². The van der Waals surface area contributed by atoms with Gasteiger partial charge in [0.25, 0.3) is 0 Å². The molecule has 1 aliphatic heterocycles. The molecule has 0 radical (unpaired) electrons. The van der Waals surface area contributed by atoms with Crippen LogP contribution in [0, 0.1) is 0 Å². The zero-order valence-electron chi connectivity index (χ0n) is 14.8. The van der Waals surface area contributed by atoms with E-state index in [1.807, 2.05) is 13.8 Å². The van der Waals surface area contributed by atoms with E-state index in [1.165, 1.54) is 0 Å². The molecule has 1 spiro atoms. The second-order valence-corrected chi connectivity index (χ2v) is 5.23. The maximum atomic E-state index is 11.9. The molecule has 2 N–H and O–H groups in total. The van der Waals surface area contributed by atoms with Gasteiger partial charge in [-0.3, -0.25) is 4.99 Å². The van der Waals surface area contributed by atoms with Crippen LogP contribution >= 0.6 is 0 Å². The summed E-state index contributed by atoms with van der Waals surface area (Å²) in [5, 5.41) is 0. The third kappa shape index (κ3) is 5.04. The van der Waals surface area contributed by atoms with Crippen molar-refractivity contribution in [1.82, 2.24) is 0 Å². The molecule has 6 nitrogen and oxygen atoms in total. The van der Waals surface area contributed by atoms with Crippen molar-refractivity contribution >= 4 is 11.7 Å². The predicted molar refractivity (Wildman–Crippen MR) is 90.3 cm³/mol. The van der Waals surface area contributed by atoms with Crippen molar-refractivity contribution in [3.8, 4) is 0 Å². The summed E-state index contributed by atoms with van der Waals surface area (Å²) in [7, 11) is 0. The Morgan fingerprint density at radius 3 is 2.52 bits per heavy atom. The topological polar surface area (TPSA) is 83.1 Å². The van der Waals surface area contributed by atoms with Gasteiger partial charge in [-0.1, -0.05) is 20.8 Å². The molecule has 0 aromatic carbocycles. The van der Waals surface area contributed by atoms with Gasteiger partial charge in [0.05, 0.1) is 19.8 Å². The smallest absolute Gasteiger partial charge is 0.354 e. The van der Waals surface area contributed by atoms with Crippen molar-refractivity contribution in [2.75, 3.05) is 26.4 Å². The second-order valence-electron chi connectivity index (χ2n) is 5.23. The minimum Gasteiger partial charge on any atom is -0.461 e. The number of ether oxygens (including phenoxy) is 3. The van der Waals surface area contributed by atoms with Crippen molar-refractivity contribution in [3.05, 3.63) is 11.3 Å². The van der Waals surface area contributed by atoms with Gasteiger partial charge in [-0.25, -0.2) is 4.79 Å². The summed E-state index contributed by atoms with van der Waals surface area (Å²) in [6, 6.07) is 0. The Morgan fingerprint density at radius 2 is 1.96 bits per heavy atom. The zero-order chi connectivity index (χ0) is 17.3. The Balaban J connectivity index is 0.00000127.